The SMILES string of the molecule is CCCc1cc(N(CCCN)C2CCCC2)ncn1. The molecule has 1 aromatic heterocycles. The summed E-state index contributed by atoms with van der Waals surface area (Å²) in [5.41, 5.74) is 6.83. The van der Waals surface area contributed by atoms with Crippen LogP contribution in [-0.2, 0) is 6.42 Å². The number of hydrogen-bond donors (Lipinski definition) is 1. The summed E-state index contributed by atoms with van der Waals surface area (Å²) in [5.74, 6) is 1.10. The van der Waals surface area contributed by atoms with Gasteiger partial charge in [0.25, 0.3) is 0 Å². The van der Waals surface area contributed by atoms with Crippen LogP contribution in [0.3, 0.4) is 0 Å². The Labute approximate surface area is 116 Å². The summed E-state index contributed by atoms with van der Waals surface area (Å²) in [5, 5.41) is 0. The molecule has 0 amide bonds. The van der Waals surface area contributed by atoms with Crippen LogP contribution in [0, 0.1) is 0 Å². The largest absolute Gasteiger partial charge is 0.353 e. The fourth-order valence-corrected chi connectivity index (χ4v) is 2.90. The monoisotopic (exact) mass is 262 g/mol. The van der Waals surface area contributed by atoms with Gasteiger partial charge in [-0.25, -0.2) is 9.97 Å². The van der Waals surface area contributed by atoms with Gasteiger partial charge in [-0.15, -0.1) is 0 Å². The molecule has 2 N–H and O–H groups in total. The van der Waals surface area contributed by atoms with Gasteiger partial charge in [0, 0.05) is 24.3 Å². The smallest absolute Gasteiger partial charge is 0.132 e. The third-order valence-electron chi connectivity index (χ3n) is 3.88. The highest BCUT2D eigenvalue weighted by Crippen LogP contribution is 2.27. The number of hydrogen-bond acceptors (Lipinski definition) is 4. The van der Waals surface area contributed by atoms with Crippen LogP contribution in [0.25, 0.3) is 0 Å². The molecule has 1 aromatic rings. The quantitative estimate of drug-likeness (QED) is 0.820. The van der Waals surface area contributed by atoms with Gasteiger partial charge >= 0.3 is 0 Å². The molecule has 4 heteroatoms. The molecule has 0 aromatic carbocycles. The summed E-state index contributed by atoms with van der Waals surface area (Å²) < 4.78 is 0. The van der Waals surface area contributed by atoms with Crippen molar-refractivity contribution < 1.29 is 0 Å². The molecular weight excluding hydrogens is 236 g/mol. The van der Waals surface area contributed by atoms with E-state index in [0.29, 0.717) is 6.04 Å². The topological polar surface area (TPSA) is 55.0 Å². The molecular formula is C15H26N4. The second kappa shape index (κ2) is 7.43. The average Bonchev–Trinajstić information content (AvgIpc) is 2.94. The second-order valence-electron chi connectivity index (χ2n) is 5.39. The van der Waals surface area contributed by atoms with Crippen molar-refractivity contribution in [2.24, 2.45) is 5.73 Å². The summed E-state index contributed by atoms with van der Waals surface area (Å²) in [7, 11) is 0. The molecule has 0 unspecified atom stereocenters. The summed E-state index contributed by atoms with van der Waals surface area (Å²) in [6.45, 7) is 3.95. The maximum absolute atomic E-state index is 5.67. The van der Waals surface area contributed by atoms with E-state index < -0.39 is 0 Å². The minimum Gasteiger partial charge on any atom is -0.353 e. The molecule has 1 aliphatic carbocycles. The molecule has 0 radical (unpaired) electrons. The Bertz CT molecular complexity index is 374. The molecule has 0 aliphatic heterocycles. The van der Waals surface area contributed by atoms with Crippen LogP contribution in [0.2, 0.25) is 0 Å². The van der Waals surface area contributed by atoms with E-state index in [2.05, 4.69) is 27.9 Å². The normalized spacial score (nSPS) is 15.9. The Balaban J connectivity index is 2.13. The molecule has 1 aliphatic rings. The van der Waals surface area contributed by atoms with Gasteiger partial charge in [0.15, 0.2) is 0 Å². The lowest BCUT2D eigenvalue weighted by molar-refractivity contribution is 0.585. The Hall–Kier alpha value is -1.16. The van der Waals surface area contributed by atoms with Gasteiger partial charge in [-0.05, 0) is 32.2 Å². The third kappa shape index (κ3) is 3.90. The first-order valence-corrected chi connectivity index (χ1v) is 7.62. The van der Waals surface area contributed by atoms with Crippen molar-refractivity contribution in [1.29, 1.82) is 0 Å². The Morgan fingerprint density at radius 3 is 2.79 bits per heavy atom. The van der Waals surface area contributed by atoms with E-state index in [1.165, 1.54) is 25.7 Å². The zero-order chi connectivity index (χ0) is 13.5. The van der Waals surface area contributed by atoms with Gasteiger partial charge < -0.3 is 10.6 Å². The first kappa shape index (κ1) is 14.3. The van der Waals surface area contributed by atoms with E-state index in [4.69, 9.17) is 5.73 Å². The van der Waals surface area contributed by atoms with Crippen molar-refractivity contribution in [2.75, 3.05) is 18.0 Å². The van der Waals surface area contributed by atoms with Gasteiger partial charge in [0.05, 0.1) is 0 Å². The highest BCUT2D eigenvalue weighted by Gasteiger charge is 2.23. The van der Waals surface area contributed by atoms with Crippen molar-refractivity contribution in [2.45, 2.75) is 57.9 Å². The summed E-state index contributed by atoms with van der Waals surface area (Å²) in [6, 6.07) is 2.81. The highest BCUT2D eigenvalue weighted by molar-refractivity contribution is 5.40. The Kier molecular flexibility index (Phi) is 5.58. The summed E-state index contributed by atoms with van der Waals surface area (Å²) >= 11 is 0. The number of aryl methyl sites for hydroxylation is 1. The van der Waals surface area contributed by atoms with Crippen molar-refractivity contribution >= 4 is 5.82 Å². The predicted molar refractivity (Wildman–Crippen MR) is 79.3 cm³/mol. The molecule has 0 bridgehead atoms. The van der Waals surface area contributed by atoms with Crippen LogP contribution in [0.4, 0.5) is 5.82 Å². The molecule has 1 saturated carbocycles. The van der Waals surface area contributed by atoms with Gasteiger partial charge in [-0.3, -0.25) is 0 Å². The lowest BCUT2D eigenvalue weighted by Gasteiger charge is -2.30. The van der Waals surface area contributed by atoms with E-state index in [9.17, 15) is 0 Å². The minimum atomic E-state index is 0.649. The molecule has 4 nitrogen and oxygen atoms in total. The maximum Gasteiger partial charge on any atom is 0.132 e. The van der Waals surface area contributed by atoms with Gasteiger partial charge in [-0.2, -0.15) is 0 Å². The molecule has 1 heterocycles. The third-order valence-corrected chi connectivity index (χ3v) is 3.88. The molecule has 0 atom stereocenters. The van der Waals surface area contributed by atoms with Crippen LogP contribution in [-0.4, -0.2) is 29.1 Å². The van der Waals surface area contributed by atoms with Gasteiger partial charge in [0.1, 0.15) is 12.1 Å². The van der Waals surface area contributed by atoms with Crippen molar-refractivity contribution in [3.8, 4) is 0 Å². The van der Waals surface area contributed by atoms with Crippen LogP contribution in [0.5, 0.6) is 0 Å². The highest BCUT2D eigenvalue weighted by atomic mass is 15.2. The Morgan fingerprint density at radius 2 is 2.11 bits per heavy atom. The van der Waals surface area contributed by atoms with Gasteiger partial charge in [0.2, 0.25) is 0 Å². The van der Waals surface area contributed by atoms with Crippen LogP contribution in [0.15, 0.2) is 12.4 Å². The molecule has 0 saturated heterocycles. The first-order chi connectivity index (χ1) is 9.35. The Morgan fingerprint density at radius 1 is 1.32 bits per heavy atom. The second-order valence-corrected chi connectivity index (χ2v) is 5.39. The average molecular weight is 262 g/mol. The number of anilines is 1. The van der Waals surface area contributed by atoms with Crippen molar-refractivity contribution in [3.05, 3.63) is 18.1 Å². The van der Waals surface area contributed by atoms with E-state index in [1.807, 2.05) is 0 Å². The van der Waals surface area contributed by atoms with E-state index in [1.54, 1.807) is 6.33 Å². The van der Waals surface area contributed by atoms with E-state index in [0.717, 1.165) is 43.9 Å². The van der Waals surface area contributed by atoms with Crippen LogP contribution < -0.4 is 10.6 Å². The zero-order valence-corrected chi connectivity index (χ0v) is 12.0. The number of nitrogens with zero attached hydrogens (tertiary/aromatic N) is 3. The lowest BCUT2D eigenvalue weighted by atomic mass is 10.2. The molecule has 2 rings (SSSR count). The predicted octanol–water partition coefficient (Wildman–Crippen LogP) is 2.53. The van der Waals surface area contributed by atoms with Crippen molar-refractivity contribution in [1.82, 2.24) is 9.97 Å². The number of nitrogens with two attached hydrogens (primary N) is 1. The zero-order valence-electron chi connectivity index (χ0n) is 12.0. The fourth-order valence-electron chi connectivity index (χ4n) is 2.90. The summed E-state index contributed by atoms with van der Waals surface area (Å²) in [4.78, 5) is 11.3. The maximum atomic E-state index is 5.67. The summed E-state index contributed by atoms with van der Waals surface area (Å²) in [6.07, 6.45) is 10.2. The number of rotatable bonds is 7. The molecule has 19 heavy (non-hydrogen) atoms. The van der Waals surface area contributed by atoms with Gasteiger partial charge in [-0.1, -0.05) is 26.2 Å². The van der Waals surface area contributed by atoms with E-state index >= 15 is 0 Å². The first-order valence-electron chi connectivity index (χ1n) is 7.62. The molecule has 1 fully saturated rings. The van der Waals surface area contributed by atoms with Crippen LogP contribution >= 0.6 is 0 Å². The minimum absolute atomic E-state index is 0.649. The van der Waals surface area contributed by atoms with Crippen molar-refractivity contribution in [3.63, 3.8) is 0 Å². The number of aromatic nitrogens is 2. The fraction of sp³-hybridized carbons (Fsp3) is 0.733. The lowest BCUT2D eigenvalue weighted by Crippen LogP contribution is -2.35. The van der Waals surface area contributed by atoms with Crippen LogP contribution in [0.1, 0.15) is 51.1 Å². The molecule has 0 spiro atoms. The van der Waals surface area contributed by atoms with E-state index in [-0.39, 0.29) is 0 Å². The molecule has 106 valence electrons. The standard InChI is InChI=1S/C15H26N4/c1-2-6-13-11-15(18-12-17-13)19(10-5-9-16)14-7-3-4-8-14/h11-12,14H,2-10,16H2,1H3.